The maximum Gasteiger partial charge on any atom is 0.338 e. The van der Waals surface area contributed by atoms with Gasteiger partial charge in [0.2, 0.25) is 5.91 Å². The number of aryl methyl sites for hydroxylation is 2. The van der Waals surface area contributed by atoms with Gasteiger partial charge in [0, 0.05) is 12.2 Å². The molecule has 188 valence electrons. The van der Waals surface area contributed by atoms with E-state index >= 15 is 0 Å². The summed E-state index contributed by atoms with van der Waals surface area (Å²) in [5.41, 5.74) is 5.50. The smallest absolute Gasteiger partial charge is 0.338 e. The van der Waals surface area contributed by atoms with Crippen molar-refractivity contribution in [3.8, 4) is 0 Å². The van der Waals surface area contributed by atoms with E-state index in [4.69, 9.17) is 9.73 Å². The average Bonchev–Trinajstić information content (AvgIpc) is 3.19. The average molecular weight is 504 g/mol. The number of allylic oxidation sites excluding steroid dienone is 1. The molecule has 1 N–H and O–H groups in total. The van der Waals surface area contributed by atoms with Gasteiger partial charge in [0.25, 0.3) is 0 Å². The molecule has 0 aliphatic carbocycles. The van der Waals surface area contributed by atoms with Gasteiger partial charge in [-0.25, -0.2) is 9.79 Å². The maximum absolute atomic E-state index is 13.5. The van der Waals surface area contributed by atoms with Gasteiger partial charge in [0.15, 0.2) is 5.17 Å². The highest BCUT2D eigenvalue weighted by Crippen LogP contribution is 2.46. The fourth-order valence-electron chi connectivity index (χ4n) is 4.34. The van der Waals surface area contributed by atoms with Crippen LogP contribution in [0.3, 0.4) is 0 Å². The first-order valence-corrected chi connectivity index (χ1v) is 13.0. The second-order valence-electron chi connectivity index (χ2n) is 10.2. The summed E-state index contributed by atoms with van der Waals surface area (Å²) in [6.07, 6.45) is 0.181. The number of hydrogen-bond acceptors (Lipinski definition) is 6. The van der Waals surface area contributed by atoms with Gasteiger partial charge in [-0.15, -0.1) is 0 Å². The first kappa shape index (κ1) is 25.8. The molecule has 7 heteroatoms. The van der Waals surface area contributed by atoms with Crippen molar-refractivity contribution in [2.45, 2.75) is 66.2 Å². The van der Waals surface area contributed by atoms with Crippen LogP contribution < -0.4 is 5.32 Å². The number of nitrogens with zero attached hydrogens (tertiary/aromatic N) is 2. The predicted octanol–water partition coefficient (Wildman–Crippen LogP) is 5.93. The monoisotopic (exact) mass is 503 g/mol. The van der Waals surface area contributed by atoms with Crippen LogP contribution in [0.5, 0.6) is 0 Å². The SMILES string of the molecule is CC1=C(C(=O)OC(C)(C)C)C(c2cc(C)ccc2C)N2C(CC(=O)NCc3ccccc3)=CSC2=N1. The van der Waals surface area contributed by atoms with E-state index in [2.05, 4.69) is 23.5 Å². The number of carbonyl (C=O) groups is 2. The zero-order valence-electron chi connectivity index (χ0n) is 21.7. The Hall–Kier alpha value is -3.32. The van der Waals surface area contributed by atoms with Crippen molar-refractivity contribution in [1.29, 1.82) is 0 Å². The van der Waals surface area contributed by atoms with Gasteiger partial charge in [-0.3, -0.25) is 4.79 Å². The minimum Gasteiger partial charge on any atom is -0.456 e. The first-order valence-electron chi connectivity index (χ1n) is 12.1. The number of thioether (sulfide) groups is 1. The van der Waals surface area contributed by atoms with Crippen LogP contribution in [0.15, 0.2) is 75.9 Å². The van der Waals surface area contributed by atoms with Crippen LogP contribution in [0.2, 0.25) is 0 Å². The Morgan fingerprint density at radius 2 is 1.81 bits per heavy atom. The summed E-state index contributed by atoms with van der Waals surface area (Å²) in [4.78, 5) is 33.2. The molecule has 0 radical (unpaired) electrons. The van der Waals surface area contributed by atoms with Crippen LogP contribution in [0.25, 0.3) is 0 Å². The summed E-state index contributed by atoms with van der Waals surface area (Å²) in [6, 6.07) is 15.6. The van der Waals surface area contributed by atoms with Crippen LogP contribution in [0, 0.1) is 13.8 Å². The maximum atomic E-state index is 13.5. The van der Waals surface area contributed by atoms with Gasteiger partial charge >= 0.3 is 5.97 Å². The number of carbonyl (C=O) groups excluding carboxylic acids is 2. The third kappa shape index (κ3) is 5.73. The highest BCUT2D eigenvalue weighted by molar-refractivity contribution is 8.16. The molecule has 2 aliphatic rings. The van der Waals surface area contributed by atoms with Crippen LogP contribution in [-0.2, 0) is 20.9 Å². The fourth-order valence-corrected chi connectivity index (χ4v) is 5.30. The Morgan fingerprint density at radius 3 is 2.50 bits per heavy atom. The molecule has 2 heterocycles. The van der Waals surface area contributed by atoms with Gasteiger partial charge < -0.3 is 15.0 Å². The number of ether oxygens (including phenoxy) is 1. The summed E-state index contributed by atoms with van der Waals surface area (Å²) in [7, 11) is 0. The van der Waals surface area contributed by atoms with E-state index in [1.165, 1.54) is 11.8 Å². The van der Waals surface area contributed by atoms with E-state index < -0.39 is 17.6 Å². The molecule has 4 rings (SSSR count). The van der Waals surface area contributed by atoms with Crippen LogP contribution >= 0.6 is 11.8 Å². The van der Waals surface area contributed by atoms with Gasteiger partial charge in [-0.2, -0.15) is 0 Å². The van der Waals surface area contributed by atoms with Crippen molar-refractivity contribution in [1.82, 2.24) is 10.2 Å². The molecule has 2 aromatic carbocycles. The topological polar surface area (TPSA) is 71.0 Å². The quantitative estimate of drug-likeness (QED) is 0.495. The zero-order chi connectivity index (χ0) is 26.0. The van der Waals surface area contributed by atoms with Crippen molar-refractivity contribution in [2.75, 3.05) is 0 Å². The van der Waals surface area contributed by atoms with E-state index in [1.54, 1.807) is 0 Å². The zero-order valence-corrected chi connectivity index (χ0v) is 22.5. The lowest BCUT2D eigenvalue weighted by Gasteiger charge is -2.37. The van der Waals surface area contributed by atoms with Crippen molar-refractivity contribution in [3.63, 3.8) is 0 Å². The number of amidine groups is 1. The molecule has 0 aromatic heterocycles. The standard InChI is InChI=1S/C29H33N3O3S/c1-18-12-13-19(2)23(14-18)26-25(27(34)35-29(4,5)6)20(3)31-28-32(26)22(17-36-28)15-24(33)30-16-21-10-8-7-9-11-21/h7-14,17,26H,15-16H2,1-6H3,(H,30,33). The number of aliphatic imine (C=N–C) groups is 1. The normalized spacial score (nSPS) is 17.4. The number of fused-ring (bicyclic) bond motifs is 1. The van der Waals surface area contributed by atoms with Crippen LogP contribution in [-0.4, -0.2) is 27.5 Å². The number of amides is 1. The second-order valence-corrected chi connectivity index (χ2v) is 11.0. The van der Waals surface area contributed by atoms with E-state index in [1.807, 2.05) is 82.2 Å². The van der Waals surface area contributed by atoms with Crippen LogP contribution in [0.1, 0.15) is 62.4 Å². The molecular weight excluding hydrogens is 470 g/mol. The van der Waals surface area contributed by atoms with Crippen molar-refractivity contribution >= 4 is 28.8 Å². The minimum atomic E-state index is -0.643. The molecule has 2 aliphatic heterocycles. The molecule has 1 unspecified atom stereocenters. The van der Waals surface area contributed by atoms with E-state index in [0.29, 0.717) is 17.8 Å². The third-order valence-electron chi connectivity index (χ3n) is 6.02. The summed E-state index contributed by atoms with van der Waals surface area (Å²) >= 11 is 1.48. The minimum absolute atomic E-state index is 0.0863. The lowest BCUT2D eigenvalue weighted by Crippen LogP contribution is -2.39. The van der Waals surface area contributed by atoms with E-state index in [0.717, 1.165) is 33.1 Å². The van der Waals surface area contributed by atoms with Crippen molar-refractivity contribution < 1.29 is 14.3 Å². The number of nitrogens with one attached hydrogen (secondary N) is 1. The lowest BCUT2D eigenvalue weighted by atomic mass is 9.89. The molecule has 0 saturated carbocycles. The molecule has 1 amide bonds. The summed E-state index contributed by atoms with van der Waals surface area (Å²) in [6.45, 7) is 12.0. The molecule has 6 nitrogen and oxygen atoms in total. The first-order chi connectivity index (χ1) is 17.0. The highest BCUT2D eigenvalue weighted by atomic mass is 32.2. The second kappa shape index (κ2) is 10.3. The Morgan fingerprint density at radius 1 is 1.08 bits per heavy atom. The molecule has 0 spiro atoms. The van der Waals surface area contributed by atoms with Gasteiger partial charge in [0.1, 0.15) is 5.60 Å². The molecule has 0 fully saturated rings. The molecule has 0 bridgehead atoms. The van der Waals surface area contributed by atoms with Crippen molar-refractivity contribution in [2.24, 2.45) is 4.99 Å². The van der Waals surface area contributed by atoms with Crippen molar-refractivity contribution in [3.05, 3.63) is 93.2 Å². The largest absolute Gasteiger partial charge is 0.456 e. The number of esters is 1. The molecular formula is C29H33N3O3S. The predicted molar refractivity (Wildman–Crippen MR) is 145 cm³/mol. The van der Waals surface area contributed by atoms with Gasteiger partial charge in [-0.1, -0.05) is 65.9 Å². The molecule has 2 aromatic rings. The lowest BCUT2D eigenvalue weighted by molar-refractivity contribution is -0.150. The Balaban J connectivity index is 1.67. The van der Waals surface area contributed by atoms with Gasteiger partial charge in [0.05, 0.1) is 23.7 Å². The van der Waals surface area contributed by atoms with E-state index in [9.17, 15) is 9.59 Å². The number of hydrogen-bond donors (Lipinski definition) is 1. The Bertz CT molecular complexity index is 1270. The summed E-state index contributed by atoms with van der Waals surface area (Å²) in [5, 5.41) is 5.73. The third-order valence-corrected chi connectivity index (χ3v) is 6.91. The summed E-state index contributed by atoms with van der Waals surface area (Å²) < 4.78 is 5.82. The molecule has 0 saturated heterocycles. The molecule has 1 atom stereocenters. The van der Waals surface area contributed by atoms with Gasteiger partial charge in [-0.05, 0) is 63.6 Å². The van der Waals surface area contributed by atoms with E-state index in [-0.39, 0.29) is 12.3 Å². The fraction of sp³-hybridized carbons (Fsp3) is 0.345. The Kier molecular flexibility index (Phi) is 7.41. The highest BCUT2D eigenvalue weighted by Gasteiger charge is 2.42. The summed E-state index contributed by atoms with van der Waals surface area (Å²) in [5.74, 6) is -0.477. The molecule has 36 heavy (non-hydrogen) atoms. The number of benzene rings is 2. The number of rotatable bonds is 6. The Labute approximate surface area is 217 Å². The van der Waals surface area contributed by atoms with Crippen LogP contribution in [0.4, 0.5) is 0 Å².